The van der Waals surface area contributed by atoms with Gasteiger partial charge in [-0.2, -0.15) is 4.98 Å². The molecule has 2 N–H and O–H groups in total. The SMILES string of the molecule is NCC1CCCC1c1nc(Cc2cccnc2)no1. The molecule has 2 atom stereocenters. The first-order valence-electron chi connectivity index (χ1n) is 6.78. The van der Waals surface area contributed by atoms with Crippen LogP contribution >= 0.6 is 0 Å². The van der Waals surface area contributed by atoms with Gasteiger partial charge in [0.15, 0.2) is 5.82 Å². The number of hydrogen-bond acceptors (Lipinski definition) is 5. The van der Waals surface area contributed by atoms with Crippen molar-refractivity contribution in [3.05, 3.63) is 41.8 Å². The van der Waals surface area contributed by atoms with Crippen LogP contribution in [0.3, 0.4) is 0 Å². The van der Waals surface area contributed by atoms with E-state index in [2.05, 4.69) is 15.1 Å². The van der Waals surface area contributed by atoms with Crippen molar-refractivity contribution < 1.29 is 4.52 Å². The lowest BCUT2D eigenvalue weighted by Crippen LogP contribution is -2.17. The summed E-state index contributed by atoms with van der Waals surface area (Å²) >= 11 is 0. The zero-order chi connectivity index (χ0) is 13.1. The number of aromatic nitrogens is 3. The van der Waals surface area contributed by atoms with Crippen molar-refractivity contribution in [1.29, 1.82) is 0 Å². The Kier molecular flexibility index (Phi) is 3.55. The number of pyridine rings is 1. The maximum absolute atomic E-state index is 5.79. The first kappa shape index (κ1) is 12.3. The van der Waals surface area contributed by atoms with Crippen molar-refractivity contribution in [2.24, 2.45) is 11.7 Å². The third-order valence-corrected chi connectivity index (χ3v) is 3.85. The Morgan fingerprint density at radius 2 is 2.32 bits per heavy atom. The van der Waals surface area contributed by atoms with Gasteiger partial charge in [0.05, 0.1) is 0 Å². The van der Waals surface area contributed by atoms with Gasteiger partial charge in [-0.3, -0.25) is 4.98 Å². The third kappa shape index (κ3) is 2.66. The minimum Gasteiger partial charge on any atom is -0.339 e. The Labute approximate surface area is 112 Å². The second-order valence-electron chi connectivity index (χ2n) is 5.12. The second kappa shape index (κ2) is 5.48. The van der Waals surface area contributed by atoms with Gasteiger partial charge in [0, 0.05) is 24.7 Å². The van der Waals surface area contributed by atoms with Crippen molar-refractivity contribution in [2.45, 2.75) is 31.6 Å². The van der Waals surface area contributed by atoms with Gasteiger partial charge < -0.3 is 10.3 Å². The monoisotopic (exact) mass is 258 g/mol. The van der Waals surface area contributed by atoms with E-state index in [-0.39, 0.29) is 0 Å². The van der Waals surface area contributed by atoms with Crippen molar-refractivity contribution in [1.82, 2.24) is 15.1 Å². The zero-order valence-corrected chi connectivity index (χ0v) is 10.8. The minimum atomic E-state index is 0.347. The normalized spacial score (nSPS) is 22.8. The molecule has 1 aliphatic rings. The molecule has 5 heteroatoms. The number of hydrogen-bond donors (Lipinski definition) is 1. The number of nitrogens with two attached hydrogens (primary N) is 1. The predicted molar refractivity (Wildman–Crippen MR) is 70.5 cm³/mol. The van der Waals surface area contributed by atoms with Gasteiger partial charge in [-0.25, -0.2) is 0 Å². The van der Waals surface area contributed by atoms with Crippen molar-refractivity contribution in [2.75, 3.05) is 6.54 Å². The summed E-state index contributed by atoms with van der Waals surface area (Å²) in [7, 11) is 0. The summed E-state index contributed by atoms with van der Waals surface area (Å²) in [5, 5.41) is 4.07. The van der Waals surface area contributed by atoms with Crippen LogP contribution in [0, 0.1) is 5.92 Å². The van der Waals surface area contributed by atoms with Gasteiger partial charge in [-0.05, 0) is 36.9 Å². The van der Waals surface area contributed by atoms with Gasteiger partial charge in [0.2, 0.25) is 5.89 Å². The lowest BCUT2D eigenvalue weighted by molar-refractivity contribution is 0.323. The van der Waals surface area contributed by atoms with E-state index in [1.54, 1.807) is 6.20 Å². The first-order chi connectivity index (χ1) is 9.36. The van der Waals surface area contributed by atoms with Gasteiger partial charge in [-0.15, -0.1) is 0 Å². The van der Waals surface area contributed by atoms with Crippen LogP contribution in [-0.2, 0) is 6.42 Å². The standard InChI is InChI=1S/C14H18N4O/c15-8-11-4-1-5-12(11)14-17-13(18-19-14)7-10-3-2-6-16-9-10/h2-3,6,9,11-12H,1,4-5,7-8,15H2. The fraction of sp³-hybridized carbons (Fsp3) is 0.500. The summed E-state index contributed by atoms with van der Waals surface area (Å²) in [6.07, 6.45) is 7.73. The van der Waals surface area contributed by atoms with E-state index in [1.165, 1.54) is 12.8 Å². The van der Waals surface area contributed by atoms with Crippen LogP contribution in [0.1, 0.15) is 42.5 Å². The number of rotatable bonds is 4. The summed E-state index contributed by atoms with van der Waals surface area (Å²) in [4.78, 5) is 8.61. The Bertz CT molecular complexity index is 525. The van der Waals surface area contributed by atoms with E-state index >= 15 is 0 Å². The maximum Gasteiger partial charge on any atom is 0.230 e. The first-order valence-corrected chi connectivity index (χ1v) is 6.78. The molecular weight excluding hydrogens is 240 g/mol. The predicted octanol–water partition coefficient (Wildman–Crippen LogP) is 1.90. The highest BCUT2D eigenvalue weighted by molar-refractivity contribution is 5.14. The molecule has 0 amide bonds. The lowest BCUT2D eigenvalue weighted by Gasteiger charge is -2.12. The third-order valence-electron chi connectivity index (χ3n) is 3.85. The highest BCUT2D eigenvalue weighted by atomic mass is 16.5. The molecule has 19 heavy (non-hydrogen) atoms. The van der Waals surface area contributed by atoms with E-state index in [0.717, 1.165) is 23.7 Å². The van der Waals surface area contributed by atoms with Crippen LogP contribution in [0.25, 0.3) is 0 Å². The van der Waals surface area contributed by atoms with E-state index in [1.807, 2.05) is 18.3 Å². The van der Waals surface area contributed by atoms with Crippen LogP contribution in [0.2, 0.25) is 0 Å². The molecule has 1 saturated carbocycles. The molecule has 0 bridgehead atoms. The quantitative estimate of drug-likeness (QED) is 0.906. The van der Waals surface area contributed by atoms with E-state index < -0.39 is 0 Å². The summed E-state index contributed by atoms with van der Waals surface area (Å²) in [6, 6.07) is 3.93. The molecule has 100 valence electrons. The molecule has 2 heterocycles. The van der Waals surface area contributed by atoms with E-state index in [0.29, 0.717) is 24.8 Å². The molecule has 0 aliphatic heterocycles. The highest BCUT2D eigenvalue weighted by Gasteiger charge is 2.31. The van der Waals surface area contributed by atoms with Crippen LogP contribution in [0.5, 0.6) is 0 Å². The molecule has 0 spiro atoms. The summed E-state index contributed by atoms with van der Waals surface area (Å²) < 4.78 is 5.42. The maximum atomic E-state index is 5.79. The molecule has 1 aliphatic carbocycles. The Morgan fingerprint density at radius 3 is 3.11 bits per heavy atom. The molecule has 2 aromatic heterocycles. The van der Waals surface area contributed by atoms with Crippen molar-refractivity contribution in [3.8, 4) is 0 Å². The fourth-order valence-electron chi connectivity index (χ4n) is 2.82. The lowest BCUT2D eigenvalue weighted by atomic mass is 9.96. The van der Waals surface area contributed by atoms with Crippen molar-refractivity contribution >= 4 is 0 Å². The van der Waals surface area contributed by atoms with Gasteiger partial charge in [0.25, 0.3) is 0 Å². The zero-order valence-electron chi connectivity index (χ0n) is 10.8. The Hall–Kier alpha value is -1.75. The summed E-state index contributed by atoms with van der Waals surface area (Å²) in [5.41, 5.74) is 6.89. The molecule has 0 saturated heterocycles. The molecule has 1 fully saturated rings. The van der Waals surface area contributed by atoms with E-state index in [9.17, 15) is 0 Å². The smallest absolute Gasteiger partial charge is 0.230 e. The Morgan fingerprint density at radius 1 is 1.37 bits per heavy atom. The summed E-state index contributed by atoms with van der Waals surface area (Å²) in [5.74, 6) is 2.32. The molecule has 2 unspecified atom stereocenters. The topological polar surface area (TPSA) is 77.8 Å². The van der Waals surface area contributed by atoms with Crippen LogP contribution in [0.4, 0.5) is 0 Å². The van der Waals surface area contributed by atoms with Crippen molar-refractivity contribution in [3.63, 3.8) is 0 Å². The molecule has 0 aromatic carbocycles. The minimum absolute atomic E-state index is 0.347. The van der Waals surface area contributed by atoms with E-state index in [4.69, 9.17) is 10.3 Å². The molecule has 3 rings (SSSR count). The molecule has 2 aromatic rings. The number of nitrogens with zero attached hydrogens (tertiary/aromatic N) is 3. The van der Waals surface area contributed by atoms with Crippen LogP contribution in [-0.4, -0.2) is 21.7 Å². The average molecular weight is 258 g/mol. The van der Waals surface area contributed by atoms with Gasteiger partial charge in [-0.1, -0.05) is 17.6 Å². The molecule has 0 radical (unpaired) electrons. The largest absolute Gasteiger partial charge is 0.339 e. The Balaban J connectivity index is 1.73. The van der Waals surface area contributed by atoms with Gasteiger partial charge in [0.1, 0.15) is 0 Å². The van der Waals surface area contributed by atoms with Gasteiger partial charge >= 0.3 is 0 Å². The average Bonchev–Trinajstić information content (AvgIpc) is 3.07. The second-order valence-corrected chi connectivity index (χ2v) is 5.12. The summed E-state index contributed by atoms with van der Waals surface area (Å²) in [6.45, 7) is 0.699. The molecular formula is C14H18N4O. The highest BCUT2D eigenvalue weighted by Crippen LogP contribution is 2.38. The molecule has 5 nitrogen and oxygen atoms in total. The van der Waals surface area contributed by atoms with Crippen LogP contribution in [0.15, 0.2) is 29.0 Å². The van der Waals surface area contributed by atoms with Crippen LogP contribution < -0.4 is 5.73 Å². The fourth-order valence-corrected chi connectivity index (χ4v) is 2.82.